The molecule has 1 aromatic carbocycles. The van der Waals surface area contributed by atoms with Crippen LogP contribution in [0.3, 0.4) is 0 Å². The molecule has 1 aliphatic carbocycles. The summed E-state index contributed by atoms with van der Waals surface area (Å²) < 4.78 is 0. The smallest absolute Gasteiger partial charge is 0.106 e. The molecule has 1 N–H and O–H groups in total. The second kappa shape index (κ2) is 3.84. The van der Waals surface area contributed by atoms with Crippen LogP contribution in [-0.4, -0.2) is 26.4 Å². The number of hydrogen-bond acceptors (Lipinski definition) is 3. The molecule has 1 heterocycles. The van der Waals surface area contributed by atoms with Gasteiger partial charge in [-0.15, -0.1) is 0 Å². The van der Waals surface area contributed by atoms with E-state index in [-0.39, 0.29) is 5.41 Å². The summed E-state index contributed by atoms with van der Waals surface area (Å²) in [7, 11) is 1.60. The molecule has 0 radical (unpaired) electrons. The molecule has 1 aromatic rings. The number of aryl methyl sites for hydroxylation is 1. The molecule has 3 atom stereocenters. The van der Waals surface area contributed by atoms with Gasteiger partial charge in [0.1, 0.15) is 7.11 Å². The first-order chi connectivity index (χ1) is 8.29. The predicted octanol–water partition coefficient (Wildman–Crippen LogP) is 1.71. The fourth-order valence-corrected chi connectivity index (χ4v) is 3.28. The summed E-state index contributed by atoms with van der Waals surface area (Å²) in [6.07, 6.45) is 1.98. The van der Waals surface area contributed by atoms with Gasteiger partial charge in [0.2, 0.25) is 0 Å². The fraction of sp³-hybridized carbons (Fsp3) is 0.500. The van der Waals surface area contributed by atoms with Gasteiger partial charge < -0.3 is 10.2 Å². The highest BCUT2D eigenvalue weighted by molar-refractivity contribution is 5.71. The summed E-state index contributed by atoms with van der Waals surface area (Å²) in [5, 5.41) is 7.43. The molecule has 0 amide bonds. The van der Waals surface area contributed by atoms with Gasteiger partial charge in [-0.25, -0.2) is 0 Å². The van der Waals surface area contributed by atoms with E-state index in [4.69, 9.17) is 4.84 Å². The molecule has 3 unspecified atom stereocenters. The van der Waals surface area contributed by atoms with Crippen molar-refractivity contribution in [3.8, 4) is 0 Å². The SMILES string of the molecule is CON=CC1C2CNCC12c1ccc(C)cc1. The molecular weight excluding hydrogens is 212 g/mol. The van der Waals surface area contributed by atoms with E-state index in [1.807, 2.05) is 6.21 Å². The Kier molecular flexibility index (Phi) is 2.44. The minimum absolute atomic E-state index is 0.274. The summed E-state index contributed by atoms with van der Waals surface area (Å²) in [4.78, 5) is 4.81. The van der Waals surface area contributed by atoms with Crippen molar-refractivity contribution in [2.75, 3.05) is 20.2 Å². The summed E-state index contributed by atoms with van der Waals surface area (Å²) >= 11 is 0. The molecule has 1 aliphatic heterocycles. The van der Waals surface area contributed by atoms with Crippen LogP contribution in [-0.2, 0) is 10.3 Å². The van der Waals surface area contributed by atoms with Gasteiger partial charge in [-0.1, -0.05) is 35.0 Å². The Balaban J connectivity index is 1.90. The lowest BCUT2D eigenvalue weighted by Crippen LogP contribution is -2.23. The fourth-order valence-electron chi connectivity index (χ4n) is 3.28. The van der Waals surface area contributed by atoms with E-state index in [1.165, 1.54) is 11.1 Å². The third-order valence-corrected chi connectivity index (χ3v) is 4.28. The number of benzene rings is 1. The highest BCUT2D eigenvalue weighted by Crippen LogP contribution is 2.61. The topological polar surface area (TPSA) is 33.6 Å². The van der Waals surface area contributed by atoms with Crippen LogP contribution in [0.1, 0.15) is 11.1 Å². The first kappa shape index (κ1) is 10.8. The van der Waals surface area contributed by atoms with Gasteiger partial charge in [-0.2, -0.15) is 0 Å². The third-order valence-electron chi connectivity index (χ3n) is 4.28. The van der Waals surface area contributed by atoms with Crippen LogP contribution < -0.4 is 5.32 Å². The molecule has 0 spiro atoms. The number of oxime groups is 1. The van der Waals surface area contributed by atoms with Crippen molar-refractivity contribution in [3.63, 3.8) is 0 Å². The maximum Gasteiger partial charge on any atom is 0.106 e. The lowest BCUT2D eigenvalue weighted by Gasteiger charge is -2.14. The van der Waals surface area contributed by atoms with Crippen LogP contribution in [0.2, 0.25) is 0 Å². The average Bonchev–Trinajstić information content (AvgIpc) is 2.74. The molecule has 90 valence electrons. The number of nitrogens with one attached hydrogen (secondary N) is 1. The maximum atomic E-state index is 4.81. The second-order valence-corrected chi connectivity index (χ2v) is 5.11. The molecule has 3 nitrogen and oxygen atoms in total. The standard InChI is InChI=1S/C14H18N2O/c1-10-3-5-11(6-4-10)14-9-15-7-12(14)13(14)8-16-17-2/h3-6,8,12-13,15H,7,9H2,1-2H3. The van der Waals surface area contributed by atoms with Crippen molar-refractivity contribution >= 4 is 6.21 Å². The van der Waals surface area contributed by atoms with E-state index < -0.39 is 0 Å². The van der Waals surface area contributed by atoms with Crippen LogP contribution in [0.5, 0.6) is 0 Å². The average molecular weight is 230 g/mol. The Hall–Kier alpha value is -1.35. The van der Waals surface area contributed by atoms with Gasteiger partial charge >= 0.3 is 0 Å². The van der Waals surface area contributed by atoms with Gasteiger partial charge in [-0.3, -0.25) is 0 Å². The van der Waals surface area contributed by atoms with Gasteiger partial charge in [0, 0.05) is 24.1 Å². The molecule has 0 aromatic heterocycles. The molecule has 2 aliphatic rings. The molecule has 2 fully saturated rings. The second-order valence-electron chi connectivity index (χ2n) is 5.11. The van der Waals surface area contributed by atoms with Gasteiger partial charge in [0.15, 0.2) is 0 Å². The molecular formula is C14H18N2O. The minimum Gasteiger partial charge on any atom is -0.399 e. The minimum atomic E-state index is 0.274. The predicted molar refractivity (Wildman–Crippen MR) is 68.2 cm³/mol. The van der Waals surface area contributed by atoms with E-state index >= 15 is 0 Å². The molecule has 17 heavy (non-hydrogen) atoms. The summed E-state index contributed by atoms with van der Waals surface area (Å²) in [6.45, 7) is 4.28. The van der Waals surface area contributed by atoms with Crippen LogP contribution in [0.4, 0.5) is 0 Å². The van der Waals surface area contributed by atoms with Crippen LogP contribution in [0.25, 0.3) is 0 Å². The Morgan fingerprint density at radius 3 is 2.88 bits per heavy atom. The Morgan fingerprint density at radius 1 is 1.41 bits per heavy atom. The monoisotopic (exact) mass is 230 g/mol. The summed E-state index contributed by atoms with van der Waals surface area (Å²) in [5.41, 5.74) is 3.02. The zero-order chi connectivity index (χ0) is 11.9. The molecule has 3 heteroatoms. The molecule has 0 bridgehead atoms. The number of nitrogens with zero attached hydrogens (tertiary/aromatic N) is 1. The molecule has 3 rings (SSSR count). The van der Waals surface area contributed by atoms with Gasteiger partial charge in [0.25, 0.3) is 0 Å². The van der Waals surface area contributed by atoms with Crippen molar-refractivity contribution in [2.24, 2.45) is 17.0 Å². The molecule has 1 saturated carbocycles. The Bertz CT molecular complexity index is 440. The van der Waals surface area contributed by atoms with E-state index in [0.29, 0.717) is 11.8 Å². The largest absolute Gasteiger partial charge is 0.399 e. The first-order valence-corrected chi connectivity index (χ1v) is 6.13. The first-order valence-electron chi connectivity index (χ1n) is 6.13. The number of fused-ring (bicyclic) bond motifs is 1. The van der Waals surface area contributed by atoms with E-state index in [1.54, 1.807) is 7.11 Å². The van der Waals surface area contributed by atoms with E-state index in [0.717, 1.165) is 13.1 Å². The van der Waals surface area contributed by atoms with Crippen molar-refractivity contribution < 1.29 is 4.84 Å². The van der Waals surface area contributed by atoms with Crippen molar-refractivity contribution in [2.45, 2.75) is 12.3 Å². The maximum absolute atomic E-state index is 4.81. The third kappa shape index (κ3) is 1.49. The number of hydrogen-bond donors (Lipinski definition) is 1. The summed E-state index contributed by atoms with van der Waals surface area (Å²) in [5.74, 6) is 1.22. The molecule has 1 saturated heterocycles. The Morgan fingerprint density at radius 2 is 2.18 bits per heavy atom. The number of rotatable bonds is 3. The Labute approximate surface area is 102 Å². The van der Waals surface area contributed by atoms with Crippen molar-refractivity contribution in [3.05, 3.63) is 35.4 Å². The zero-order valence-corrected chi connectivity index (χ0v) is 10.3. The van der Waals surface area contributed by atoms with Crippen LogP contribution in [0.15, 0.2) is 29.4 Å². The lowest BCUT2D eigenvalue weighted by molar-refractivity contribution is 0.214. The van der Waals surface area contributed by atoms with Crippen molar-refractivity contribution in [1.29, 1.82) is 0 Å². The van der Waals surface area contributed by atoms with Crippen LogP contribution in [0, 0.1) is 18.8 Å². The van der Waals surface area contributed by atoms with Crippen molar-refractivity contribution in [1.82, 2.24) is 5.32 Å². The van der Waals surface area contributed by atoms with Gasteiger partial charge in [-0.05, 0) is 24.9 Å². The quantitative estimate of drug-likeness (QED) is 0.633. The van der Waals surface area contributed by atoms with E-state index in [2.05, 4.69) is 41.7 Å². The van der Waals surface area contributed by atoms with Gasteiger partial charge in [0.05, 0.1) is 0 Å². The van der Waals surface area contributed by atoms with Crippen LogP contribution >= 0.6 is 0 Å². The van der Waals surface area contributed by atoms with E-state index in [9.17, 15) is 0 Å². The highest BCUT2D eigenvalue weighted by atomic mass is 16.6. The lowest BCUT2D eigenvalue weighted by atomic mass is 9.92. The highest BCUT2D eigenvalue weighted by Gasteiger charge is 2.67. The summed E-state index contributed by atoms with van der Waals surface area (Å²) in [6, 6.07) is 8.91. The zero-order valence-electron chi connectivity index (χ0n) is 10.3. The number of piperidine rings is 1. The normalized spacial score (nSPS) is 34.9.